The number of carbonyl (C=O) groups is 2. The zero-order valence-electron chi connectivity index (χ0n) is 15.8. The molecule has 1 aliphatic rings. The molecule has 3 N–H and O–H groups in total. The number of benzene rings is 2. The van der Waals surface area contributed by atoms with Gasteiger partial charge in [-0.1, -0.05) is 18.2 Å². The molecule has 0 spiro atoms. The monoisotopic (exact) mass is 377 g/mol. The third-order valence-electron chi connectivity index (χ3n) is 4.95. The van der Waals surface area contributed by atoms with Gasteiger partial charge in [0.25, 0.3) is 0 Å². The number of urea groups is 1. The SMILES string of the molecule is CC(=O)Nc1cccc(-c2ccc3c(NC(=O)N4CCCCC4)n[nH]c3c2)c1. The van der Waals surface area contributed by atoms with E-state index in [0.717, 1.165) is 53.6 Å². The van der Waals surface area contributed by atoms with Gasteiger partial charge in [-0.25, -0.2) is 4.79 Å². The van der Waals surface area contributed by atoms with Crippen molar-refractivity contribution < 1.29 is 9.59 Å². The van der Waals surface area contributed by atoms with Crippen LogP contribution in [-0.2, 0) is 4.79 Å². The molecule has 1 fully saturated rings. The van der Waals surface area contributed by atoms with Gasteiger partial charge in [0.2, 0.25) is 5.91 Å². The summed E-state index contributed by atoms with van der Waals surface area (Å²) in [6, 6.07) is 13.5. The molecule has 1 aliphatic heterocycles. The van der Waals surface area contributed by atoms with Crippen molar-refractivity contribution in [2.75, 3.05) is 23.7 Å². The van der Waals surface area contributed by atoms with Crippen LogP contribution >= 0.6 is 0 Å². The standard InChI is InChI=1S/C21H23N5O2/c1-14(27)22-17-7-5-6-15(12-17)16-8-9-18-19(13-16)24-25-20(18)23-21(28)26-10-3-2-4-11-26/h5-9,12-13H,2-4,10-11H2,1H3,(H,22,27)(H2,23,24,25,28). The highest BCUT2D eigenvalue weighted by Crippen LogP contribution is 2.28. The van der Waals surface area contributed by atoms with Gasteiger partial charge < -0.3 is 10.2 Å². The van der Waals surface area contributed by atoms with E-state index in [1.807, 2.05) is 47.4 Å². The summed E-state index contributed by atoms with van der Waals surface area (Å²) >= 11 is 0. The van der Waals surface area contributed by atoms with E-state index < -0.39 is 0 Å². The lowest BCUT2D eigenvalue weighted by Gasteiger charge is -2.26. The quantitative estimate of drug-likeness (QED) is 0.639. The van der Waals surface area contributed by atoms with Crippen LogP contribution in [0.2, 0.25) is 0 Å². The van der Waals surface area contributed by atoms with Gasteiger partial charge in [-0.2, -0.15) is 5.10 Å². The first-order chi connectivity index (χ1) is 13.6. The highest BCUT2D eigenvalue weighted by atomic mass is 16.2. The molecule has 0 radical (unpaired) electrons. The molecule has 3 amide bonds. The number of carbonyl (C=O) groups excluding carboxylic acids is 2. The van der Waals surface area contributed by atoms with Crippen LogP contribution in [0.3, 0.4) is 0 Å². The molecule has 1 saturated heterocycles. The van der Waals surface area contributed by atoms with Crippen LogP contribution in [0.5, 0.6) is 0 Å². The predicted molar refractivity (Wildman–Crippen MR) is 110 cm³/mol. The lowest BCUT2D eigenvalue weighted by atomic mass is 10.0. The van der Waals surface area contributed by atoms with Crippen molar-refractivity contribution in [1.82, 2.24) is 15.1 Å². The van der Waals surface area contributed by atoms with E-state index in [0.29, 0.717) is 5.82 Å². The maximum Gasteiger partial charge on any atom is 0.323 e. The fraction of sp³-hybridized carbons (Fsp3) is 0.286. The summed E-state index contributed by atoms with van der Waals surface area (Å²) in [4.78, 5) is 25.6. The number of likely N-dealkylation sites (tertiary alicyclic amines) is 1. The Morgan fingerprint density at radius 3 is 2.57 bits per heavy atom. The number of H-pyrrole nitrogens is 1. The normalized spacial score (nSPS) is 14.1. The number of aromatic amines is 1. The Balaban J connectivity index is 1.56. The lowest BCUT2D eigenvalue weighted by Crippen LogP contribution is -2.38. The number of rotatable bonds is 3. The number of aromatic nitrogens is 2. The lowest BCUT2D eigenvalue weighted by molar-refractivity contribution is -0.114. The number of nitrogens with one attached hydrogen (secondary N) is 3. The van der Waals surface area contributed by atoms with Gasteiger partial charge in [-0.05, 0) is 54.7 Å². The largest absolute Gasteiger partial charge is 0.326 e. The van der Waals surface area contributed by atoms with Crippen LogP contribution in [-0.4, -0.2) is 40.1 Å². The molecule has 4 rings (SSSR count). The molecule has 28 heavy (non-hydrogen) atoms. The van der Waals surface area contributed by atoms with Crippen LogP contribution in [0.25, 0.3) is 22.0 Å². The van der Waals surface area contributed by atoms with Crippen LogP contribution in [0.15, 0.2) is 42.5 Å². The molecule has 3 aromatic rings. The minimum atomic E-state index is -0.102. The fourth-order valence-electron chi connectivity index (χ4n) is 3.55. The first-order valence-corrected chi connectivity index (χ1v) is 9.52. The second-order valence-corrected chi connectivity index (χ2v) is 7.07. The topological polar surface area (TPSA) is 90.1 Å². The fourth-order valence-corrected chi connectivity index (χ4v) is 3.55. The Kier molecular flexibility index (Phi) is 4.97. The van der Waals surface area contributed by atoms with Gasteiger partial charge in [-0.15, -0.1) is 0 Å². The van der Waals surface area contributed by atoms with Gasteiger partial charge >= 0.3 is 6.03 Å². The first-order valence-electron chi connectivity index (χ1n) is 9.52. The number of piperidine rings is 1. The molecular formula is C21H23N5O2. The van der Waals surface area contributed by atoms with Crippen LogP contribution in [0, 0.1) is 0 Å². The minimum Gasteiger partial charge on any atom is -0.326 e. The Morgan fingerprint density at radius 2 is 1.79 bits per heavy atom. The average molecular weight is 377 g/mol. The van der Waals surface area contributed by atoms with Gasteiger partial charge in [0.1, 0.15) is 0 Å². The second kappa shape index (κ2) is 7.72. The third kappa shape index (κ3) is 3.83. The molecule has 2 aromatic carbocycles. The first kappa shape index (κ1) is 18.0. The zero-order chi connectivity index (χ0) is 19.5. The van der Waals surface area contributed by atoms with E-state index in [4.69, 9.17) is 0 Å². The van der Waals surface area contributed by atoms with E-state index in [-0.39, 0.29) is 11.9 Å². The van der Waals surface area contributed by atoms with E-state index in [9.17, 15) is 9.59 Å². The minimum absolute atomic E-state index is 0.0971. The van der Waals surface area contributed by atoms with Gasteiger partial charge in [-0.3, -0.25) is 15.2 Å². The van der Waals surface area contributed by atoms with Crippen molar-refractivity contribution in [3.63, 3.8) is 0 Å². The molecule has 7 heteroatoms. The van der Waals surface area contributed by atoms with Crippen molar-refractivity contribution in [1.29, 1.82) is 0 Å². The summed E-state index contributed by atoms with van der Waals surface area (Å²) in [6.45, 7) is 3.08. The number of nitrogens with zero attached hydrogens (tertiary/aromatic N) is 2. The van der Waals surface area contributed by atoms with E-state index >= 15 is 0 Å². The molecule has 7 nitrogen and oxygen atoms in total. The van der Waals surface area contributed by atoms with Gasteiger partial charge in [0, 0.05) is 31.1 Å². The van der Waals surface area contributed by atoms with Crippen molar-refractivity contribution in [2.45, 2.75) is 26.2 Å². The van der Waals surface area contributed by atoms with E-state index in [1.165, 1.54) is 13.3 Å². The number of anilines is 2. The summed E-state index contributed by atoms with van der Waals surface area (Å²) in [5.74, 6) is 0.444. The van der Waals surface area contributed by atoms with Crippen LogP contribution < -0.4 is 10.6 Å². The van der Waals surface area contributed by atoms with Crippen molar-refractivity contribution in [3.05, 3.63) is 42.5 Å². The molecule has 0 aliphatic carbocycles. The number of hydrogen-bond donors (Lipinski definition) is 3. The Labute approximate surface area is 163 Å². The van der Waals surface area contributed by atoms with Crippen LogP contribution in [0.1, 0.15) is 26.2 Å². The highest BCUT2D eigenvalue weighted by Gasteiger charge is 2.18. The summed E-state index contributed by atoms with van der Waals surface area (Å²) in [6.07, 6.45) is 3.28. The van der Waals surface area contributed by atoms with Gasteiger partial charge in [0.05, 0.1) is 5.52 Å². The average Bonchev–Trinajstić information content (AvgIpc) is 3.10. The van der Waals surface area contributed by atoms with Crippen molar-refractivity contribution in [3.8, 4) is 11.1 Å². The van der Waals surface area contributed by atoms with Crippen molar-refractivity contribution in [2.24, 2.45) is 0 Å². The second-order valence-electron chi connectivity index (χ2n) is 7.07. The number of fused-ring (bicyclic) bond motifs is 1. The van der Waals surface area contributed by atoms with Crippen molar-refractivity contribution >= 4 is 34.3 Å². The molecule has 0 saturated carbocycles. The molecule has 2 heterocycles. The summed E-state index contributed by atoms with van der Waals surface area (Å²) in [5, 5.41) is 13.9. The van der Waals surface area contributed by atoms with Crippen LogP contribution in [0.4, 0.5) is 16.3 Å². The predicted octanol–water partition coefficient (Wildman–Crippen LogP) is 4.21. The molecule has 0 atom stereocenters. The Morgan fingerprint density at radius 1 is 1.00 bits per heavy atom. The summed E-state index contributed by atoms with van der Waals surface area (Å²) in [5.41, 5.74) is 3.58. The molecule has 144 valence electrons. The number of hydrogen-bond acceptors (Lipinski definition) is 3. The molecular weight excluding hydrogens is 354 g/mol. The van der Waals surface area contributed by atoms with E-state index in [1.54, 1.807) is 0 Å². The Bertz CT molecular complexity index is 1020. The maximum atomic E-state index is 12.4. The molecule has 1 aromatic heterocycles. The number of amides is 3. The summed E-state index contributed by atoms with van der Waals surface area (Å²) < 4.78 is 0. The summed E-state index contributed by atoms with van der Waals surface area (Å²) in [7, 11) is 0. The zero-order valence-corrected chi connectivity index (χ0v) is 15.8. The Hall–Kier alpha value is -3.35. The highest BCUT2D eigenvalue weighted by molar-refractivity contribution is 6.00. The van der Waals surface area contributed by atoms with Gasteiger partial charge in [0.15, 0.2) is 5.82 Å². The smallest absolute Gasteiger partial charge is 0.323 e. The van der Waals surface area contributed by atoms with E-state index in [2.05, 4.69) is 20.8 Å². The molecule has 0 bridgehead atoms. The third-order valence-corrected chi connectivity index (χ3v) is 4.95. The maximum absolute atomic E-state index is 12.4. The molecule has 0 unspecified atom stereocenters.